The Kier molecular flexibility index (Phi) is 7.53. The predicted octanol–water partition coefficient (Wildman–Crippen LogP) is 4.57. The third kappa shape index (κ3) is 5.88. The van der Waals surface area contributed by atoms with Gasteiger partial charge in [-0.3, -0.25) is 9.52 Å². The molecule has 0 radical (unpaired) electrons. The van der Waals surface area contributed by atoms with Gasteiger partial charge in [0.25, 0.3) is 15.9 Å². The number of hydrogen-bond donors (Lipinski definition) is 2. The van der Waals surface area contributed by atoms with E-state index < -0.39 is 10.0 Å². The van der Waals surface area contributed by atoms with E-state index in [4.69, 9.17) is 0 Å². The first-order valence-electron chi connectivity index (χ1n) is 10.6. The number of anilines is 2. The third-order valence-corrected chi connectivity index (χ3v) is 6.65. The highest BCUT2D eigenvalue weighted by Gasteiger charge is 2.14. The van der Waals surface area contributed by atoms with Crippen molar-refractivity contribution < 1.29 is 13.2 Å². The van der Waals surface area contributed by atoms with Crippen LogP contribution in [0.3, 0.4) is 0 Å². The van der Waals surface area contributed by atoms with Gasteiger partial charge in [0.15, 0.2) is 0 Å². The van der Waals surface area contributed by atoms with Crippen molar-refractivity contribution in [2.45, 2.75) is 32.2 Å². The molecule has 0 fully saturated rings. The molecule has 0 heterocycles. The summed E-state index contributed by atoms with van der Waals surface area (Å²) >= 11 is 0. The number of nitrogens with one attached hydrogen (secondary N) is 2. The molecule has 0 aliphatic carbocycles. The number of carbonyl (C=O) groups is 1. The number of nitrogens with zero attached hydrogens (tertiary/aromatic N) is 1. The highest BCUT2D eigenvalue weighted by atomic mass is 32.2. The summed E-state index contributed by atoms with van der Waals surface area (Å²) in [6, 6.07) is 21.1. The van der Waals surface area contributed by atoms with Crippen LogP contribution in [0.2, 0.25) is 0 Å². The molecule has 0 aromatic heterocycles. The van der Waals surface area contributed by atoms with Crippen molar-refractivity contribution >= 4 is 27.3 Å². The molecule has 168 valence electrons. The molecule has 0 unspecified atom stereocenters. The molecule has 0 aliphatic heterocycles. The van der Waals surface area contributed by atoms with Crippen LogP contribution in [0.15, 0.2) is 77.7 Å². The number of carbonyl (C=O) groups excluding carboxylic acids is 1. The first kappa shape index (κ1) is 23.3. The van der Waals surface area contributed by atoms with E-state index in [-0.39, 0.29) is 10.8 Å². The van der Waals surface area contributed by atoms with Crippen molar-refractivity contribution in [3.63, 3.8) is 0 Å². The normalized spacial score (nSPS) is 11.1. The van der Waals surface area contributed by atoms with E-state index in [0.29, 0.717) is 17.8 Å². The molecule has 7 heteroatoms. The van der Waals surface area contributed by atoms with Gasteiger partial charge in [-0.1, -0.05) is 29.8 Å². The maximum absolute atomic E-state index is 12.5. The van der Waals surface area contributed by atoms with Crippen LogP contribution in [0, 0.1) is 6.92 Å². The topological polar surface area (TPSA) is 78.5 Å². The highest BCUT2D eigenvalue weighted by Crippen LogP contribution is 2.18. The van der Waals surface area contributed by atoms with Crippen molar-refractivity contribution in [2.75, 3.05) is 22.7 Å². The lowest BCUT2D eigenvalue weighted by Gasteiger charge is -2.21. The average molecular weight is 452 g/mol. The number of amides is 1. The summed E-state index contributed by atoms with van der Waals surface area (Å²) in [6.45, 7) is 8.45. The average Bonchev–Trinajstić information content (AvgIpc) is 2.79. The van der Waals surface area contributed by atoms with E-state index in [0.717, 1.165) is 29.9 Å². The van der Waals surface area contributed by atoms with E-state index in [9.17, 15) is 13.2 Å². The fourth-order valence-electron chi connectivity index (χ4n) is 3.32. The largest absolute Gasteiger partial charge is 0.372 e. The lowest BCUT2D eigenvalue weighted by atomic mass is 10.1. The fraction of sp³-hybridized carbons (Fsp3) is 0.240. The predicted molar refractivity (Wildman–Crippen MR) is 130 cm³/mol. The van der Waals surface area contributed by atoms with Gasteiger partial charge in [-0.05, 0) is 74.9 Å². The van der Waals surface area contributed by atoms with E-state index >= 15 is 0 Å². The van der Waals surface area contributed by atoms with Gasteiger partial charge in [-0.25, -0.2) is 8.42 Å². The highest BCUT2D eigenvalue weighted by molar-refractivity contribution is 7.92. The molecule has 3 aromatic carbocycles. The molecular formula is C25H29N3O3S. The Balaban J connectivity index is 1.58. The van der Waals surface area contributed by atoms with Crippen LogP contribution in [0.25, 0.3) is 0 Å². The number of benzene rings is 3. The Hall–Kier alpha value is -3.32. The smallest absolute Gasteiger partial charge is 0.261 e. The SMILES string of the molecule is CCN(CC)c1ccc(CNC(=O)c2ccc(NS(=O)(=O)c3ccc(C)cc3)cc2)cc1. The summed E-state index contributed by atoms with van der Waals surface area (Å²) in [5, 5.41) is 2.90. The number of sulfonamides is 1. The van der Waals surface area contributed by atoms with Crippen molar-refractivity contribution in [1.29, 1.82) is 0 Å². The van der Waals surface area contributed by atoms with Crippen LogP contribution < -0.4 is 14.9 Å². The van der Waals surface area contributed by atoms with E-state index in [2.05, 4.69) is 40.9 Å². The van der Waals surface area contributed by atoms with Crippen LogP contribution in [0.5, 0.6) is 0 Å². The lowest BCUT2D eigenvalue weighted by Crippen LogP contribution is -2.23. The van der Waals surface area contributed by atoms with Gasteiger partial charge >= 0.3 is 0 Å². The second kappa shape index (κ2) is 10.3. The van der Waals surface area contributed by atoms with Crippen LogP contribution in [0.4, 0.5) is 11.4 Å². The molecule has 0 saturated heterocycles. The van der Waals surface area contributed by atoms with Gasteiger partial charge in [0, 0.05) is 36.6 Å². The molecule has 3 rings (SSSR count). The van der Waals surface area contributed by atoms with Gasteiger partial charge in [0.1, 0.15) is 0 Å². The maximum atomic E-state index is 12.5. The zero-order valence-corrected chi connectivity index (χ0v) is 19.4. The second-order valence-corrected chi connectivity index (χ2v) is 9.20. The van der Waals surface area contributed by atoms with Gasteiger partial charge in [0.2, 0.25) is 0 Å². The molecule has 0 atom stereocenters. The number of hydrogen-bond acceptors (Lipinski definition) is 4. The van der Waals surface area contributed by atoms with Gasteiger partial charge in [-0.15, -0.1) is 0 Å². The van der Waals surface area contributed by atoms with E-state index in [1.165, 1.54) is 0 Å². The summed E-state index contributed by atoms with van der Waals surface area (Å²) < 4.78 is 27.5. The maximum Gasteiger partial charge on any atom is 0.261 e. The molecule has 0 bridgehead atoms. The molecule has 6 nitrogen and oxygen atoms in total. The molecule has 0 spiro atoms. The minimum atomic E-state index is -3.68. The fourth-order valence-corrected chi connectivity index (χ4v) is 4.38. The van der Waals surface area contributed by atoms with Crippen LogP contribution in [-0.4, -0.2) is 27.4 Å². The Morgan fingerprint density at radius 2 is 1.44 bits per heavy atom. The molecule has 0 aliphatic rings. The van der Waals surface area contributed by atoms with Crippen LogP contribution in [-0.2, 0) is 16.6 Å². The molecule has 2 N–H and O–H groups in total. The molecule has 32 heavy (non-hydrogen) atoms. The standard InChI is InChI=1S/C25H29N3O3S/c1-4-28(5-2)23-14-8-20(9-15-23)18-26-25(29)21-10-12-22(13-11-21)27-32(30,31)24-16-6-19(3)7-17-24/h6-17,27H,4-5,18H2,1-3H3,(H,26,29). The second-order valence-electron chi connectivity index (χ2n) is 7.52. The summed E-state index contributed by atoms with van der Waals surface area (Å²) in [5.41, 5.74) is 4.02. The monoisotopic (exact) mass is 451 g/mol. The van der Waals surface area contributed by atoms with Crippen LogP contribution >= 0.6 is 0 Å². The lowest BCUT2D eigenvalue weighted by molar-refractivity contribution is 0.0951. The number of aryl methyl sites for hydroxylation is 1. The Labute approximate surface area is 190 Å². The third-order valence-electron chi connectivity index (χ3n) is 5.25. The first-order valence-corrected chi connectivity index (χ1v) is 12.1. The van der Waals surface area contributed by atoms with Crippen molar-refractivity contribution in [1.82, 2.24) is 5.32 Å². The molecular weight excluding hydrogens is 422 g/mol. The van der Waals surface area contributed by atoms with E-state index in [1.807, 2.05) is 19.1 Å². The summed E-state index contributed by atoms with van der Waals surface area (Å²) in [6.07, 6.45) is 0. The molecule has 1 amide bonds. The Morgan fingerprint density at radius 3 is 2.00 bits per heavy atom. The summed E-state index contributed by atoms with van der Waals surface area (Å²) in [4.78, 5) is 14.9. The molecule has 3 aromatic rings. The van der Waals surface area contributed by atoms with Gasteiger partial charge in [0.05, 0.1) is 4.90 Å². The quantitative estimate of drug-likeness (QED) is 0.499. The summed E-state index contributed by atoms with van der Waals surface area (Å²) in [5.74, 6) is -0.217. The van der Waals surface area contributed by atoms with E-state index in [1.54, 1.807) is 48.5 Å². The van der Waals surface area contributed by atoms with Crippen LogP contribution in [0.1, 0.15) is 35.3 Å². The zero-order valence-electron chi connectivity index (χ0n) is 18.6. The van der Waals surface area contributed by atoms with Crippen molar-refractivity contribution in [3.05, 3.63) is 89.5 Å². The minimum absolute atomic E-state index is 0.192. The Morgan fingerprint density at radius 1 is 0.844 bits per heavy atom. The van der Waals surface area contributed by atoms with Gasteiger partial charge in [-0.2, -0.15) is 0 Å². The van der Waals surface area contributed by atoms with Gasteiger partial charge < -0.3 is 10.2 Å². The number of rotatable bonds is 9. The van der Waals surface area contributed by atoms with Crippen molar-refractivity contribution in [2.24, 2.45) is 0 Å². The Bertz CT molecular complexity index is 1140. The molecule has 0 saturated carbocycles. The first-order chi connectivity index (χ1) is 15.3. The summed E-state index contributed by atoms with van der Waals surface area (Å²) in [7, 11) is -3.68. The zero-order chi connectivity index (χ0) is 23.1. The minimum Gasteiger partial charge on any atom is -0.372 e. The van der Waals surface area contributed by atoms with Crippen molar-refractivity contribution in [3.8, 4) is 0 Å².